The number of hydrogen-bond acceptors (Lipinski definition) is 5. The van der Waals surface area contributed by atoms with Crippen LogP contribution in [0.5, 0.6) is 0 Å². The number of aromatic nitrogens is 1. The molecule has 0 radical (unpaired) electrons. The smallest absolute Gasteiger partial charge is 0.273 e. The van der Waals surface area contributed by atoms with Crippen LogP contribution in [0.4, 0.5) is 0 Å². The summed E-state index contributed by atoms with van der Waals surface area (Å²) in [5, 5.41) is 15.8. The maximum absolute atomic E-state index is 11.9. The molecule has 7 heteroatoms. The summed E-state index contributed by atoms with van der Waals surface area (Å²) >= 11 is 2.10. The molecule has 1 unspecified atom stereocenters. The van der Waals surface area contributed by atoms with Crippen LogP contribution in [0.2, 0.25) is 0 Å². The second-order valence-corrected chi connectivity index (χ2v) is 4.93. The first kappa shape index (κ1) is 13.8. The van der Waals surface area contributed by atoms with Crippen LogP contribution in [-0.2, 0) is 15.8 Å². The number of rotatable bonds is 5. The summed E-state index contributed by atoms with van der Waals surface area (Å²) < 4.78 is 10.8. The molecule has 6 nitrogen and oxygen atoms in total. The zero-order valence-corrected chi connectivity index (χ0v) is 12.0. The van der Waals surface area contributed by atoms with Gasteiger partial charge in [-0.15, -0.1) is 0 Å². The van der Waals surface area contributed by atoms with Gasteiger partial charge in [0.25, 0.3) is 5.91 Å². The van der Waals surface area contributed by atoms with E-state index < -0.39 is 0 Å². The van der Waals surface area contributed by atoms with Crippen molar-refractivity contribution in [1.82, 2.24) is 10.5 Å². The van der Waals surface area contributed by atoms with Crippen LogP contribution >= 0.6 is 22.6 Å². The fraction of sp³-hybridized carbons (Fsp3) is 0.636. The first-order valence-electron chi connectivity index (χ1n) is 5.76. The lowest BCUT2D eigenvalue weighted by Gasteiger charge is -2.08. The van der Waals surface area contributed by atoms with Crippen LogP contribution < -0.4 is 5.32 Å². The molecule has 100 valence electrons. The fourth-order valence-corrected chi connectivity index (χ4v) is 2.45. The molecule has 0 saturated carbocycles. The van der Waals surface area contributed by atoms with E-state index in [-0.39, 0.29) is 18.2 Å². The summed E-state index contributed by atoms with van der Waals surface area (Å²) in [6.45, 7) is 1.77. The molecule has 18 heavy (non-hydrogen) atoms. The number of nitrogens with one attached hydrogen (secondary N) is 1. The second kappa shape index (κ2) is 6.48. The van der Waals surface area contributed by atoms with E-state index in [4.69, 9.17) is 9.26 Å². The van der Waals surface area contributed by atoms with Gasteiger partial charge >= 0.3 is 0 Å². The standard InChI is InChI=1S/C11H15IN2O4/c12-3-9-8(5-15)10(14-18-9)11(16)13-4-7-1-2-17-6-7/h7,15H,1-6H2,(H,13,16). The van der Waals surface area contributed by atoms with Gasteiger partial charge in [0.2, 0.25) is 0 Å². The van der Waals surface area contributed by atoms with Gasteiger partial charge in [0.1, 0.15) is 0 Å². The number of nitrogens with zero attached hydrogens (tertiary/aromatic N) is 1. The van der Waals surface area contributed by atoms with Crippen LogP contribution in [0, 0.1) is 5.92 Å². The molecule has 2 heterocycles. The second-order valence-electron chi connectivity index (χ2n) is 4.16. The highest BCUT2D eigenvalue weighted by Gasteiger charge is 2.22. The van der Waals surface area contributed by atoms with E-state index in [1.165, 1.54) is 0 Å². The van der Waals surface area contributed by atoms with Gasteiger partial charge in [0.15, 0.2) is 11.5 Å². The lowest BCUT2D eigenvalue weighted by molar-refractivity contribution is 0.0933. The van der Waals surface area contributed by atoms with Crippen molar-refractivity contribution in [3.63, 3.8) is 0 Å². The Balaban J connectivity index is 1.97. The third kappa shape index (κ3) is 3.01. The van der Waals surface area contributed by atoms with E-state index in [1.54, 1.807) is 0 Å². The lowest BCUT2D eigenvalue weighted by atomic mass is 10.1. The Morgan fingerprint density at radius 3 is 3.06 bits per heavy atom. The fourth-order valence-electron chi connectivity index (χ4n) is 1.85. The first-order valence-corrected chi connectivity index (χ1v) is 7.29. The molecular formula is C11H15IN2O4. The summed E-state index contributed by atoms with van der Waals surface area (Å²) in [6, 6.07) is 0. The summed E-state index contributed by atoms with van der Waals surface area (Å²) in [7, 11) is 0. The minimum Gasteiger partial charge on any atom is -0.391 e. The molecule has 0 aliphatic carbocycles. The normalized spacial score (nSPS) is 19.1. The number of amides is 1. The molecule has 1 saturated heterocycles. The van der Waals surface area contributed by atoms with Gasteiger partial charge < -0.3 is 19.7 Å². The summed E-state index contributed by atoms with van der Waals surface area (Å²) in [6.07, 6.45) is 0.963. The molecular weight excluding hydrogens is 351 g/mol. The molecule has 2 rings (SSSR count). The first-order chi connectivity index (χ1) is 8.76. The Morgan fingerprint density at radius 1 is 1.61 bits per heavy atom. The number of ether oxygens (including phenoxy) is 1. The Morgan fingerprint density at radius 2 is 2.44 bits per heavy atom. The number of aliphatic hydroxyl groups is 1. The van der Waals surface area contributed by atoms with Crippen molar-refractivity contribution < 1.29 is 19.2 Å². The molecule has 1 atom stereocenters. The van der Waals surface area contributed by atoms with Crippen LogP contribution in [0.25, 0.3) is 0 Å². The molecule has 1 fully saturated rings. The molecule has 1 aliphatic heterocycles. The van der Waals surface area contributed by atoms with Crippen molar-refractivity contribution in [3.05, 3.63) is 17.0 Å². The maximum Gasteiger partial charge on any atom is 0.273 e. The minimum absolute atomic E-state index is 0.183. The zero-order chi connectivity index (χ0) is 13.0. The number of hydrogen-bond donors (Lipinski definition) is 2. The number of carbonyl (C=O) groups excluding carboxylic acids is 1. The average molecular weight is 366 g/mol. The van der Waals surface area contributed by atoms with Crippen molar-refractivity contribution in [2.75, 3.05) is 19.8 Å². The molecule has 1 amide bonds. The van der Waals surface area contributed by atoms with Crippen molar-refractivity contribution in [2.45, 2.75) is 17.5 Å². The molecule has 0 bridgehead atoms. The predicted octanol–water partition coefficient (Wildman–Crippen LogP) is 0.868. The van der Waals surface area contributed by atoms with E-state index in [9.17, 15) is 9.90 Å². The number of carbonyl (C=O) groups is 1. The van der Waals surface area contributed by atoms with Gasteiger partial charge in [0.05, 0.1) is 23.2 Å². The van der Waals surface area contributed by atoms with Crippen molar-refractivity contribution in [2.24, 2.45) is 5.92 Å². The van der Waals surface area contributed by atoms with E-state index >= 15 is 0 Å². The number of halogens is 1. The summed E-state index contributed by atoms with van der Waals surface area (Å²) in [5.41, 5.74) is 0.660. The van der Waals surface area contributed by atoms with Gasteiger partial charge in [-0.2, -0.15) is 0 Å². The topological polar surface area (TPSA) is 84.6 Å². The van der Waals surface area contributed by atoms with Crippen LogP contribution in [0.15, 0.2) is 4.52 Å². The number of aliphatic hydroxyl groups excluding tert-OH is 1. The van der Waals surface area contributed by atoms with E-state index in [1.807, 2.05) is 0 Å². The van der Waals surface area contributed by atoms with E-state index in [0.717, 1.165) is 13.0 Å². The highest BCUT2D eigenvalue weighted by atomic mass is 127. The predicted molar refractivity (Wildman–Crippen MR) is 71.4 cm³/mol. The lowest BCUT2D eigenvalue weighted by Crippen LogP contribution is -2.30. The van der Waals surface area contributed by atoms with Crippen LogP contribution in [0.3, 0.4) is 0 Å². The van der Waals surface area contributed by atoms with E-state index in [0.29, 0.717) is 34.8 Å². The number of alkyl halides is 1. The third-order valence-corrected chi connectivity index (χ3v) is 3.63. The molecule has 1 aromatic rings. The summed E-state index contributed by atoms with van der Waals surface area (Å²) in [5.74, 6) is 0.612. The maximum atomic E-state index is 11.9. The van der Waals surface area contributed by atoms with Gasteiger partial charge in [-0.1, -0.05) is 27.7 Å². The monoisotopic (exact) mass is 366 g/mol. The van der Waals surface area contributed by atoms with Gasteiger partial charge in [0, 0.05) is 19.1 Å². The molecule has 1 aromatic heterocycles. The van der Waals surface area contributed by atoms with E-state index in [2.05, 4.69) is 33.1 Å². The highest BCUT2D eigenvalue weighted by molar-refractivity contribution is 14.1. The summed E-state index contributed by atoms with van der Waals surface area (Å²) in [4.78, 5) is 11.9. The quantitative estimate of drug-likeness (QED) is 0.597. The molecule has 0 spiro atoms. The van der Waals surface area contributed by atoms with Gasteiger partial charge in [-0.05, 0) is 6.42 Å². The Kier molecular flexibility index (Phi) is 4.95. The largest absolute Gasteiger partial charge is 0.391 e. The Labute approximate surface area is 118 Å². The molecule has 0 aromatic carbocycles. The highest BCUT2D eigenvalue weighted by Crippen LogP contribution is 2.18. The molecule has 1 aliphatic rings. The Hall–Kier alpha value is -0.670. The molecule has 2 N–H and O–H groups in total. The van der Waals surface area contributed by atoms with Crippen LogP contribution in [0.1, 0.15) is 28.2 Å². The van der Waals surface area contributed by atoms with Crippen LogP contribution in [-0.4, -0.2) is 35.9 Å². The van der Waals surface area contributed by atoms with Crippen molar-refractivity contribution in [3.8, 4) is 0 Å². The van der Waals surface area contributed by atoms with Crippen molar-refractivity contribution >= 4 is 28.5 Å². The third-order valence-electron chi connectivity index (χ3n) is 2.94. The van der Waals surface area contributed by atoms with Gasteiger partial charge in [-0.25, -0.2) is 0 Å². The zero-order valence-electron chi connectivity index (χ0n) is 9.82. The minimum atomic E-state index is -0.300. The van der Waals surface area contributed by atoms with Gasteiger partial charge in [-0.3, -0.25) is 4.79 Å². The SMILES string of the molecule is O=C(NCC1CCOC1)c1noc(CI)c1CO. The average Bonchev–Trinajstić information content (AvgIpc) is 3.04. The van der Waals surface area contributed by atoms with Crippen molar-refractivity contribution in [1.29, 1.82) is 0 Å². The Bertz CT molecular complexity index is 415.